The Bertz CT molecular complexity index is 506. The Hall–Kier alpha value is -1.64. The van der Waals surface area contributed by atoms with Gasteiger partial charge in [0.25, 0.3) is 5.91 Å². The van der Waals surface area contributed by atoms with Crippen LogP contribution in [-0.4, -0.2) is 12.6 Å². The molecule has 0 bridgehead atoms. The minimum Gasteiger partial charge on any atom is -0.324 e. The van der Waals surface area contributed by atoms with E-state index in [9.17, 15) is 9.18 Å². The molecule has 0 radical (unpaired) electrons. The zero-order valence-corrected chi connectivity index (χ0v) is 14.1. The van der Waals surface area contributed by atoms with Crippen molar-refractivity contribution >= 4 is 5.91 Å². The Morgan fingerprint density at radius 3 is 2.32 bits per heavy atom. The Morgan fingerprint density at radius 1 is 1.27 bits per heavy atom. The van der Waals surface area contributed by atoms with Crippen LogP contribution in [-0.2, 0) is 4.79 Å². The van der Waals surface area contributed by atoms with Gasteiger partial charge in [0.05, 0.1) is 0 Å². The molecule has 0 unspecified atom stereocenters. The molecule has 1 saturated carbocycles. The van der Waals surface area contributed by atoms with Crippen LogP contribution in [0.2, 0.25) is 0 Å². The summed E-state index contributed by atoms with van der Waals surface area (Å²) in [6, 6.07) is 0. The van der Waals surface area contributed by atoms with Crippen molar-refractivity contribution in [2.45, 2.75) is 52.9 Å². The predicted octanol–water partition coefficient (Wildman–Crippen LogP) is 5.01. The van der Waals surface area contributed by atoms with Gasteiger partial charge in [-0.3, -0.25) is 4.79 Å². The highest BCUT2D eigenvalue weighted by Crippen LogP contribution is 2.33. The molecule has 0 saturated heterocycles. The number of carbonyl (C=O) groups is 1. The first-order valence-electron chi connectivity index (χ1n) is 7.94. The van der Waals surface area contributed by atoms with Crippen LogP contribution in [0.15, 0.2) is 47.2 Å². The first-order chi connectivity index (χ1) is 10.3. The second-order valence-electron chi connectivity index (χ2n) is 6.42. The monoisotopic (exact) mass is 305 g/mol. The molecule has 2 nitrogen and oxygen atoms in total. The number of hydrogen-bond donors (Lipinski definition) is 1. The lowest BCUT2D eigenvalue weighted by atomic mass is 9.80. The Kier molecular flexibility index (Phi) is 7.30. The third-order valence-electron chi connectivity index (χ3n) is 3.97. The SMILES string of the molecule is C=C(C)/C=C(/CCC1CCC1)C(C(=O)NC(=C)CF)=C(C)C. The van der Waals surface area contributed by atoms with Crippen LogP contribution in [0.1, 0.15) is 52.9 Å². The van der Waals surface area contributed by atoms with E-state index in [1.54, 1.807) is 0 Å². The molecule has 1 rings (SSSR count). The van der Waals surface area contributed by atoms with E-state index in [1.807, 2.05) is 26.8 Å². The molecule has 0 aromatic carbocycles. The fraction of sp³-hybridized carbons (Fsp3) is 0.526. The first kappa shape index (κ1) is 18.4. The number of amides is 1. The number of allylic oxidation sites excluding steroid dienone is 4. The van der Waals surface area contributed by atoms with Gasteiger partial charge >= 0.3 is 0 Å². The summed E-state index contributed by atoms with van der Waals surface area (Å²) in [7, 11) is 0. The molecule has 1 fully saturated rings. The van der Waals surface area contributed by atoms with Crippen LogP contribution >= 0.6 is 0 Å². The summed E-state index contributed by atoms with van der Waals surface area (Å²) in [5.74, 6) is 0.500. The number of alkyl halides is 1. The molecule has 1 N–H and O–H groups in total. The summed E-state index contributed by atoms with van der Waals surface area (Å²) in [6.45, 7) is 12.4. The number of halogens is 1. The second-order valence-corrected chi connectivity index (χ2v) is 6.42. The van der Waals surface area contributed by atoms with Gasteiger partial charge in [0, 0.05) is 11.3 Å². The maximum atomic E-state index is 12.6. The van der Waals surface area contributed by atoms with Crippen LogP contribution in [0.4, 0.5) is 4.39 Å². The van der Waals surface area contributed by atoms with Crippen molar-refractivity contribution in [3.8, 4) is 0 Å². The van der Waals surface area contributed by atoms with Gasteiger partial charge in [0.2, 0.25) is 0 Å². The van der Waals surface area contributed by atoms with Crippen LogP contribution in [0.25, 0.3) is 0 Å². The lowest BCUT2D eigenvalue weighted by molar-refractivity contribution is -0.116. The first-order valence-corrected chi connectivity index (χ1v) is 7.94. The molecule has 1 aliphatic carbocycles. The Labute approximate surface area is 133 Å². The highest BCUT2D eigenvalue weighted by Gasteiger charge is 2.21. The maximum absolute atomic E-state index is 12.6. The van der Waals surface area contributed by atoms with Crippen molar-refractivity contribution in [1.82, 2.24) is 5.32 Å². The number of hydrogen-bond acceptors (Lipinski definition) is 1. The van der Waals surface area contributed by atoms with Crippen molar-refractivity contribution in [3.05, 3.63) is 47.2 Å². The van der Waals surface area contributed by atoms with Gasteiger partial charge in [-0.1, -0.05) is 49.6 Å². The van der Waals surface area contributed by atoms with Gasteiger partial charge in [0.15, 0.2) is 0 Å². The summed E-state index contributed by atoms with van der Waals surface area (Å²) < 4.78 is 12.6. The van der Waals surface area contributed by atoms with E-state index >= 15 is 0 Å². The smallest absolute Gasteiger partial charge is 0.255 e. The third-order valence-corrected chi connectivity index (χ3v) is 3.97. The minimum atomic E-state index is -0.747. The maximum Gasteiger partial charge on any atom is 0.255 e. The molecule has 0 aliphatic heterocycles. The molecule has 122 valence electrons. The quantitative estimate of drug-likeness (QED) is 0.496. The molecule has 0 atom stereocenters. The zero-order chi connectivity index (χ0) is 16.7. The van der Waals surface area contributed by atoms with Crippen molar-refractivity contribution in [1.29, 1.82) is 0 Å². The molecule has 1 amide bonds. The van der Waals surface area contributed by atoms with Crippen LogP contribution in [0.5, 0.6) is 0 Å². The highest BCUT2D eigenvalue weighted by atomic mass is 19.1. The average Bonchev–Trinajstić information content (AvgIpc) is 2.35. The lowest BCUT2D eigenvalue weighted by Crippen LogP contribution is -2.26. The Balaban J connectivity index is 2.94. The molecule has 1 aliphatic rings. The van der Waals surface area contributed by atoms with Gasteiger partial charge in [-0.15, -0.1) is 0 Å². The van der Waals surface area contributed by atoms with Crippen LogP contribution < -0.4 is 5.32 Å². The molecular formula is C19H28FNO. The normalized spacial score (nSPS) is 15.0. The molecule has 0 spiro atoms. The standard InChI is InChI=1S/C19H28FNO/c1-13(2)11-17(10-9-16-7-6-8-16)18(14(3)4)19(22)21-15(5)12-20/h11,16H,1,5-10,12H2,2-4H3,(H,21,22)/b17-11-. The number of rotatable bonds is 8. The summed E-state index contributed by atoms with van der Waals surface area (Å²) in [6.07, 6.45) is 7.81. The van der Waals surface area contributed by atoms with Gasteiger partial charge < -0.3 is 5.32 Å². The largest absolute Gasteiger partial charge is 0.324 e. The molecule has 0 aromatic heterocycles. The fourth-order valence-corrected chi connectivity index (χ4v) is 2.66. The lowest BCUT2D eigenvalue weighted by Gasteiger charge is -2.26. The fourth-order valence-electron chi connectivity index (χ4n) is 2.66. The molecule has 3 heteroatoms. The van der Waals surface area contributed by atoms with E-state index in [0.29, 0.717) is 5.57 Å². The van der Waals surface area contributed by atoms with Gasteiger partial charge in [-0.25, -0.2) is 4.39 Å². The number of carbonyl (C=O) groups excluding carboxylic acids is 1. The van der Waals surface area contributed by atoms with Gasteiger partial charge in [-0.2, -0.15) is 0 Å². The van der Waals surface area contributed by atoms with Crippen molar-refractivity contribution in [2.75, 3.05) is 6.67 Å². The van der Waals surface area contributed by atoms with E-state index in [0.717, 1.165) is 35.5 Å². The van der Waals surface area contributed by atoms with E-state index in [2.05, 4.69) is 18.5 Å². The molecule has 22 heavy (non-hydrogen) atoms. The van der Waals surface area contributed by atoms with Crippen molar-refractivity contribution < 1.29 is 9.18 Å². The van der Waals surface area contributed by atoms with Gasteiger partial charge in [0.1, 0.15) is 6.67 Å². The second kappa shape index (κ2) is 8.72. The molecule has 0 aromatic rings. The average molecular weight is 305 g/mol. The summed E-state index contributed by atoms with van der Waals surface area (Å²) in [5.41, 5.74) is 3.56. The van der Waals surface area contributed by atoms with Crippen molar-refractivity contribution in [3.63, 3.8) is 0 Å². The van der Waals surface area contributed by atoms with Crippen LogP contribution in [0.3, 0.4) is 0 Å². The van der Waals surface area contributed by atoms with E-state index in [-0.39, 0.29) is 11.6 Å². The molecule has 0 heterocycles. The highest BCUT2D eigenvalue weighted by molar-refractivity contribution is 5.99. The Morgan fingerprint density at radius 2 is 1.91 bits per heavy atom. The minimum absolute atomic E-state index is 0.0948. The predicted molar refractivity (Wildman–Crippen MR) is 91.1 cm³/mol. The summed E-state index contributed by atoms with van der Waals surface area (Å²) in [5, 5.41) is 2.54. The summed E-state index contributed by atoms with van der Waals surface area (Å²) in [4.78, 5) is 12.4. The third kappa shape index (κ3) is 5.63. The van der Waals surface area contributed by atoms with E-state index < -0.39 is 6.67 Å². The topological polar surface area (TPSA) is 29.1 Å². The number of nitrogens with one attached hydrogen (secondary N) is 1. The van der Waals surface area contributed by atoms with Crippen molar-refractivity contribution in [2.24, 2.45) is 5.92 Å². The van der Waals surface area contributed by atoms with E-state index in [4.69, 9.17) is 0 Å². The van der Waals surface area contributed by atoms with Gasteiger partial charge in [-0.05, 0) is 45.1 Å². The molecular weight excluding hydrogens is 277 g/mol. The van der Waals surface area contributed by atoms with E-state index in [1.165, 1.54) is 19.3 Å². The van der Waals surface area contributed by atoms with Crippen LogP contribution in [0, 0.1) is 5.92 Å². The zero-order valence-electron chi connectivity index (χ0n) is 14.1. The summed E-state index contributed by atoms with van der Waals surface area (Å²) >= 11 is 0.